The first kappa shape index (κ1) is 18.8. The predicted molar refractivity (Wildman–Crippen MR) is 85.1 cm³/mol. The van der Waals surface area contributed by atoms with E-state index in [1.165, 1.54) is 25.3 Å². The second-order valence-corrected chi connectivity index (χ2v) is 4.88. The van der Waals surface area contributed by atoms with Crippen molar-refractivity contribution in [3.63, 3.8) is 0 Å². The van der Waals surface area contributed by atoms with Gasteiger partial charge in [0.1, 0.15) is 5.82 Å². The molecule has 0 radical (unpaired) electrons. The molecule has 0 N–H and O–H groups in total. The molecule has 1 rings (SSSR count). The molecule has 1 aromatic rings. The van der Waals surface area contributed by atoms with Gasteiger partial charge in [0.2, 0.25) is 5.91 Å². The first-order valence-corrected chi connectivity index (χ1v) is 7.35. The zero-order chi connectivity index (χ0) is 17.1. The fourth-order valence-electron chi connectivity index (χ4n) is 1.91. The average molecular weight is 323 g/mol. The highest BCUT2D eigenvalue weighted by atomic mass is 19.1. The molecule has 0 aromatic heterocycles. The van der Waals surface area contributed by atoms with E-state index in [-0.39, 0.29) is 30.7 Å². The maximum atomic E-state index is 12.8. The molecule has 126 valence electrons. The quantitative estimate of drug-likeness (QED) is 0.397. The van der Waals surface area contributed by atoms with E-state index < -0.39 is 0 Å². The van der Waals surface area contributed by atoms with Crippen molar-refractivity contribution in [2.24, 2.45) is 0 Å². The average Bonchev–Trinajstić information content (AvgIpc) is 2.56. The predicted octanol–water partition coefficient (Wildman–Crippen LogP) is 2.27. The molecule has 0 aliphatic heterocycles. The smallest absolute Gasteiger partial charge is 0.307 e. The lowest BCUT2D eigenvalue weighted by atomic mass is 10.2. The molecular weight excluding hydrogens is 301 g/mol. The molecule has 1 aromatic carbocycles. The summed E-state index contributed by atoms with van der Waals surface area (Å²) in [5.41, 5.74) is 0.726. The number of rotatable bonds is 9. The highest BCUT2D eigenvalue weighted by molar-refractivity contribution is 5.92. The van der Waals surface area contributed by atoms with E-state index in [4.69, 9.17) is 4.74 Å². The number of carbonyl (C=O) groups is 2. The van der Waals surface area contributed by atoms with Gasteiger partial charge in [0.25, 0.3) is 0 Å². The minimum absolute atomic E-state index is 0.139. The van der Waals surface area contributed by atoms with Crippen LogP contribution in [0.5, 0.6) is 0 Å². The van der Waals surface area contributed by atoms with Crippen molar-refractivity contribution in [1.29, 1.82) is 0 Å². The number of hydrogen-bond acceptors (Lipinski definition) is 4. The van der Waals surface area contributed by atoms with Crippen LogP contribution in [0.3, 0.4) is 0 Å². The van der Waals surface area contributed by atoms with Gasteiger partial charge in [0, 0.05) is 32.9 Å². The van der Waals surface area contributed by atoms with Gasteiger partial charge in [-0.25, -0.2) is 4.39 Å². The largest absolute Gasteiger partial charge is 0.469 e. The Bertz CT molecular complexity index is 528. The van der Waals surface area contributed by atoms with Gasteiger partial charge in [-0.3, -0.25) is 9.59 Å². The molecule has 0 unspecified atom stereocenters. The molecule has 5 nitrogen and oxygen atoms in total. The summed E-state index contributed by atoms with van der Waals surface area (Å²) in [7, 11) is 2.91. The lowest BCUT2D eigenvalue weighted by Crippen LogP contribution is -2.33. The number of esters is 1. The van der Waals surface area contributed by atoms with Crippen molar-refractivity contribution >= 4 is 18.0 Å². The third-order valence-corrected chi connectivity index (χ3v) is 3.19. The zero-order valence-electron chi connectivity index (χ0n) is 13.5. The minimum atomic E-state index is -0.364. The molecular formula is C17H22FNO4. The Morgan fingerprint density at radius 2 is 1.87 bits per heavy atom. The number of hydrogen-bond donors (Lipinski definition) is 0. The molecule has 1 amide bonds. The van der Waals surface area contributed by atoms with E-state index in [2.05, 4.69) is 4.74 Å². The van der Waals surface area contributed by atoms with Gasteiger partial charge in [-0.1, -0.05) is 12.1 Å². The first-order chi connectivity index (χ1) is 11.1. The Kier molecular flexibility index (Phi) is 8.60. The van der Waals surface area contributed by atoms with E-state index >= 15 is 0 Å². The van der Waals surface area contributed by atoms with Gasteiger partial charge in [0.05, 0.1) is 13.5 Å². The lowest BCUT2D eigenvalue weighted by Gasteiger charge is -2.20. The van der Waals surface area contributed by atoms with Crippen LogP contribution in [0.1, 0.15) is 18.4 Å². The SMILES string of the molecule is COCCCN(CCC(=O)OC)C(=O)/C=C/c1ccc(F)cc1. The lowest BCUT2D eigenvalue weighted by molar-refractivity contribution is -0.141. The molecule has 0 bridgehead atoms. The maximum absolute atomic E-state index is 12.8. The number of amides is 1. The number of methoxy groups -OCH3 is 2. The molecule has 0 saturated heterocycles. The summed E-state index contributed by atoms with van der Waals surface area (Å²) in [5, 5.41) is 0. The van der Waals surface area contributed by atoms with Crippen molar-refractivity contribution in [3.8, 4) is 0 Å². The van der Waals surface area contributed by atoms with Crippen molar-refractivity contribution in [1.82, 2.24) is 4.90 Å². The van der Waals surface area contributed by atoms with Crippen LogP contribution >= 0.6 is 0 Å². The highest BCUT2D eigenvalue weighted by Crippen LogP contribution is 2.06. The molecule has 0 aliphatic carbocycles. The molecule has 0 aliphatic rings. The van der Waals surface area contributed by atoms with Gasteiger partial charge in [-0.15, -0.1) is 0 Å². The molecule has 0 atom stereocenters. The summed E-state index contributed by atoms with van der Waals surface area (Å²) in [4.78, 5) is 25.1. The summed E-state index contributed by atoms with van der Waals surface area (Å²) < 4.78 is 22.4. The van der Waals surface area contributed by atoms with Crippen molar-refractivity contribution < 1.29 is 23.5 Å². The number of carbonyl (C=O) groups excluding carboxylic acids is 2. The monoisotopic (exact) mass is 323 g/mol. The highest BCUT2D eigenvalue weighted by Gasteiger charge is 2.12. The van der Waals surface area contributed by atoms with Crippen LogP contribution in [0.4, 0.5) is 4.39 Å². The van der Waals surface area contributed by atoms with Gasteiger partial charge >= 0.3 is 5.97 Å². The number of ether oxygens (including phenoxy) is 2. The zero-order valence-corrected chi connectivity index (χ0v) is 13.5. The second-order valence-electron chi connectivity index (χ2n) is 4.88. The molecule has 0 spiro atoms. The summed E-state index contributed by atoms with van der Waals surface area (Å²) in [6.07, 6.45) is 3.84. The Balaban J connectivity index is 2.64. The Labute approximate surface area is 135 Å². The van der Waals surface area contributed by atoms with E-state index in [1.54, 1.807) is 30.2 Å². The van der Waals surface area contributed by atoms with Crippen molar-refractivity contribution in [3.05, 3.63) is 41.7 Å². The Morgan fingerprint density at radius 1 is 1.17 bits per heavy atom. The molecule has 6 heteroatoms. The van der Waals surface area contributed by atoms with Crippen LogP contribution in [0.2, 0.25) is 0 Å². The van der Waals surface area contributed by atoms with E-state index in [0.717, 1.165) is 5.56 Å². The van der Waals surface area contributed by atoms with Crippen LogP contribution in [-0.4, -0.2) is 50.7 Å². The molecule has 0 fully saturated rings. The van der Waals surface area contributed by atoms with Gasteiger partial charge in [0.15, 0.2) is 0 Å². The molecule has 23 heavy (non-hydrogen) atoms. The number of nitrogens with zero attached hydrogens (tertiary/aromatic N) is 1. The summed E-state index contributed by atoms with van der Waals surface area (Å²) in [6, 6.07) is 5.83. The third kappa shape index (κ3) is 7.56. The summed E-state index contributed by atoms with van der Waals surface area (Å²) >= 11 is 0. The van der Waals surface area contributed by atoms with Crippen LogP contribution in [0.15, 0.2) is 30.3 Å². The van der Waals surface area contributed by atoms with Crippen LogP contribution in [0, 0.1) is 5.82 Å². The third-order valence-electron chi connectivity index (χ3n) is 3.19. The van der Waals surface area contributed by atoms with Crippen LogP contribution in [0.25, 0.3) is 6.08 Å². The van der Waals surface area contributed by atoms with Gasteiger partial charge in [-0.2, -0.15) is 0 Å². The molecule has 0 heterocycles. The summed E-state index contributed by atoms with van der Waals surface area (Å²) in [6.45, 7) is 1.30. The first-order valence-electron chi connectivity index (χ1n) is 7.35. The number of benzene rings is 1. The minimum Gasteiger partial charge on any atom is -0.469 e. The van der Waals surface area contributed by atoms with E-state index in [1.807, 2.05) is 0 Å². The topological polar surface area (TPSA) is 55.8 Å². The summed E-state index contributed by atoms with van der Waals surface area (Å²) in [5.74, 6) is -0.904. The van der Waals surface area contributed by atoms with E-state index in [0.29, 0.717) is 19.6 Å². The maximum Gasteiger partial charge on any atom is 0.307 e. The van der Waals surface area contributed by atoms with E-state index in [9.17, 15) is 14.0 Å². The van der Waals surface area contributed by atoms with Crippen molar-refractivity contribution in [2.45, 2.75) is 12.8 Å². The van der Waals surface area contributed by atoms with Crippen molar-refractivity contribution in [2.75, 3.05) is 33.9 Å². The van der Waals surface area contributed by atoms with Crippen LogP contribution in [-0.2, 0) is 19.1 Å². The molecule has 0 saturated carbocycles. The second kappa shape index (κ2) is 10.5. The Hall–Kier alpha value is -2.21. The Morgan fingerprint density at radius 3 is 2.48 bits per heavy atom. The standard InChI is InChI=1S/C17H22FNO4/c1-22-13-3-11-19(12-10-17(21)23-2)16(20)9-6-14-4-7-15(18)8-5-14/h4-9H,3,10-13H2,1-2H3/b9-6+. The normalized spacial score (nSPS) is 10.7. The van der Waals surface area contributed by atoms with Crippen LogP contribution < -0.4 is 0 Å². The fourth-order valence-corrected chi connectivity index (χ4v) is 1.91. The van der Waals surface area contributed by atoms with Gasteiger partial charge in [-0.05, 0) is 30.2 Å². The number of halogens is 1. The van der Waals surface area contributed by atoms with Gasteiger partial charge < -0.3 is 14.4 Å². The fraction of sp³-hybridized carbons (Fsp3) is 0.412.